The van der Waals surface area contributed by atoms with Crippen molar-refractivity contribution in [3.05, 3.63) is 30.4 Å². The highest BCUT2D eigenvalue weighted by Crippen LogP contribution is 2.37. The molecule has 204 valence electrons. The van der Waals surface area contributed by atoms with E-state index in [9.17, 15) is 17.9 Å². The smallest absolute Gasteiger partial charge is 0.245 e. The third kappa shape index (κ3) is 5.03. The molecule has 2 aliphatic rings. The molecule has 0 amide bonds. The first kappa shape index (κ1) is 25.9. The van der Waals surface area contributed by atoms with Crippen LogP contribution in [0.5, 0.6) is 11.8 Å². The predicted octanol–water partition coefficient (Wildman–Crippen LogP) is 0.237. The molecule has 3 aromatic rings. The first-order valence-corrected chi connectivity index (χ1v) is 13.3. The van der Waals surface area contributed by atoms with E-state index in [0.29, 0.717) is 18.9 Å². The lowest BCUT2D eigenvalue weighted by atomic mass is 10.1. The number of aliphatic hydroxyl groups is 1. The van der Waals surface area contributed by atoms with Crippen molar-refractivity contribution in [1.82, 2.24) is 34.7 Å². The van der Waals surface area contributed by atoms with E-state index in [1.807, 2.05) is 0 Å². The second kappa shape index (κ2) is 10.6. The van der Waals surface area contributed by atoms with Gasteiger partial charge in [-0.25, -0.2) is 22.8 Å². The normalized spacial score (nSPS) is 21.9. The zero-order valence-electron chi connectivity index (χ0n) is 20.6. The summed E-state index contributed by atoms with van der Waals surface area (Å²) in [5.74, 6) is -0.171. The van der Waals surface area contributed by atoms with E-state index in [1.165, 1.54) is 30.0 Å². The summed E-state index contributed by atoms with van der Waals surface area (Å²) >= 11 is 0. The number of methoxy groups -OCH3 is 2. The molecule has 15 nitrogen and oxygen atoms in total. The zero-order valence-corrected chi connectivity index (χ0v) is 21.4. The Morgan fingerprint density at radius 1 is 1.11 bits per heavy atom. The summed E-state index contributed by atoms with van der Waals surface area (Å²) in [4.78, 5) is 17.6. The molecule has 0 saturated carbocycles. The molecule has 2 saturated heterocycles. The summed E-state index contributed by atoms with van der Waals surface area (Å²) in [5, 5.41) is 17.7. The minimum atomic E-state index is -4.17. The van der Waals surface area contributed by atoms with Gasteiger partial charge in [0.15, 0.2) is 17.3 Å². The van der Waals surface area contributed by atoms with Gasteiger partial charge in [-0.3, -0.25) is 9.29 Å². The van der Waals surface area contributed by atoms with E-state index in [0.717, 1.165) is 18.8 Å². The second-order valence-electron chi connectivity index (χ2n) is 8.72. The van der Waals surface area contributed by atoms with Crippen molar-refractivity contribution >= 4 is 21.9 Å². The van der Waals surface area contributed by atoms with Gasteiger partial charge >= 0.3 is 0 Å². The summed E-state index contributed by atoms with van der Waals surface area (Å²) in [6.07, 6.45) is 3.12. The van der Waals surface area contributed by atoms with E-state index >= 15 is 0 Å². The van der Waals surface area contributed by atoms with E-state index in [1.54, 1.807) is 0 Å². The third-order valence-electron chi connectivity index (χ3n) is 6.22. The molecule has 2 N–H and O–H groups in total. The molecule has 1 unspecified atom stereocenters. The summed E-state index contributed by atoms with van der Waals surface area (Å²) in [6, 6.07) is 0. The van der Waals surface area contributed by atoms with Crippen LogP contribution >= 0.6 is 0 Å². The number of anilines is 2. The minimum Gasteiger partial charge on any atom is -0.479 e. The van der Waals surface area contributed by atoms with Crippen molar-refractivity contribution < 1.29 is 32.1 Å². The first-order valence-electron chi connectivity index (χ1n) is 11.7. The van der Waals surface area contributed by atoms with Gasteiger partial charge in [0.2, 0.25) is 33.7 Å². The molecular weight excluding hydrogens is 525 g/mol. The Balaban J connectivity index is 1.51. The highest BCUT2D eigenvalue weighted by molar-refractivity contribution is 7.93. The number of rotatable bonds is 8. The van der Waals surface area contributed by atoms with Gasteiger partial charge in [0.1, 0.15) is 17.7 Å². The number of hydrogen-bond acceptors (Lipinski definition) is 13. The van der Waals surface area contributed by atoms with Crippen molar-refractivity contribution in [2.24, 2.45) is 0 Å². The largest absolute Gasteiger partial charge is 0.479 e. The van der Waals surface area contributed by atoms with Crippen molar-refractivity contribution in [2.45, 2.75) is 36.7 Å². The molecule has 17 heteroatoms. The van der Waals surface area contributed by atoms with Gasteiger partial charge in [0, 0.05) is 19.7 Å². The molecular formula is C21H26FN9O6S. The van der Waals surface area contributed by atoms with Gasteiger partial charge in [0.25, 0.3) is 0 Å². The topological polar surface area (TPSA) is 180 Å². The Morgan fingerprint density at radius 2 is 1.82 bits per heavy atom. The fourth-order valence-corrected chi connectivity index (χ4v) is 5.91. The first-order chi connectivity index (χ1) is 18.3. The average Bonchev–Trinajstić information content (AvgIpc) is 3.58. The van der Waals surface area contributed by atoms with E-state index in [4.69, 9.17) is 14.2 Å². The van der Waals surface area contributed by atoms with Crippen LogP contribution in [-0.4, -0.2) is 93.5 Å². The number of aliphatic hydroxyl groups excluding tert-OH is 1. The summed E-state index contributed by atoms with van der Waals surface area (Å²) < 4.78 is 61.0. The molecule has 0 radical (unpaired) electrons. The monoisotopic (exact) mass is 551 g/mol. The Bertz CT molecular complexity index is 1360. The molecule has 2 fully saturated rings. The molecule has 3 aromatic heterocycles. The highest BCUT2D eigenvalue weighted by Gasteiger charge is 2.38. The SMILES string of the molecule is COc1ncnc(OC)c1-n1c(NS(=O)(=O)[C@@H]2C[C@@H](O)CN(c3ncc(F)cn3)C2)nnc1C1CCCO1. The molecule has 0 spiro atoms. The molecule has 3 atom stereocenters. The number of aromatic nitrogens is 7. The van der Waals surface area contributed by atoms with Gasteiger partial charge in [-0.15, -0.1) is 10.2 Å². The molecule has 5 rings (SSSR count). The van der Waals surface area contributed by atoms with Crippen LogP contribution in [0.2, 0.25) is 0 Å². The Morgan fingerprint density at radius 3 is 2.45 bits per heavy atom. The minimum absolute atomic E-state index is 0.0498. The Labute approximate surface area is 217 Å². The standard InChI is InChI=1S/C21H26FN9O6S/c1-35-18-16(19(36-2)26-11-25-18)31-17(15-4-3-5-37-15)27-28-21(31)29-38(33,34)14-6-13(32)9-30(10-14)20-23-7-12(22)8-24-20/h7-8,11,13-15,32H,3-6,9-10H2,1-2H3,(H,28,29)/t13-,14-,15?/m1/s1. The quantitative estimate of drug-likeness (QED) is 0.389. The summed E-state index contributed by atoms with van der Waals surface area (Å²) in [7, 11) is -1.36. The molecule has 2 aliphatic heterocycles. The van der Waals surface area contributed by atoms with Crippen LogP contribution in [0.15, 0.2) is 18.7 Å². The van der Waals surface area contributed by atoms with Crippen LogP contribution in [0.4, 0.5) is 16.3 Å². The second-order valence-corrected chi connectivity index (χ2v) is 10.7. The van der Waals surface area contributed by atoms with Gasteiger partial charge < -0.3 is 24.2 Å². The molecule has 0 bridgehead atoms. The van der Waals surface area contributed by atoms with Crippen molar-refractivity contribution in [3.63, 3.8) is 0 Å². The van der Waals surface area contributed by atoms with Crippen LogP contribution in [-0.2, 0) is 14.8 Å². The number of nitrogens with one attached hydrogen (secondary N) is 1. The maximum absolute atomic E-state index is 13.6. The predicted molar refractivity (Wildman–Crippen MR) is 129 cm³/mol. The molecule has 0 aromatic carbocycles. The van der Waals surface area contributed by atoms with Crippen molar-refractivity contribution in [3.8, 4) is 17.4 Å². The van der Waals surface area contributed by atoms with Crippen LogP contribution < -0.4 is 19.1 Å². The van der Waals surface area contributed by atoms with Crippen LogP contribution in [0, 0.1) is 5.82 Å². The summed E-state index contributed by atoms with van der Waals surface area (Å²) in [6.45, 7) is 0.554. The number of hydrogen-bond donors (Lipinski definition) is 2. The highest BCUT2D eigenvalue weighted by atomic mass is 32.2. The van der Waals surface area contributed by atoms with Gasteiger partial charge in [0.05, 0.1) is 32.7 Å². The van der Waals surface area contributed by atoms with Gasteiger partial charge in [-0.05, 0) is 19.3 Å². The van der Waals surface area contributed by atoms with E-state index < -0.39 is 33.3 Å². The molecule has 0 aliphatic carbocycles. The molecule has 5 heterocycles. The third-order valence-corrected chi connectivity index (χ3v) is 7.91. The number of sulfonamides is 1. The zero-order chi connectivity index (χ0) is 26.9. The van der Waals surface area contributed by atoms with Crippen LogP contribution in [0.3, 0.4) is 0 Å². The fourth-order valence-electron chi connectivity index (χ4n) is 4.50. The van der Waals surface area contributed by atoms with Crippen LogP contribution in [0.25, 0.3) is 5.69 Å². The Kier molecular flexibility index (Phi) is 7.22. The van der Waals surface area contributed by atoms with Crippen molar-refractivity contribution in [1.29, 1.82) is 0 Å². The lowest BCUT2D eigenvalue weighted by Gasteiger charge is -2.35. The van der Waals surface area contributed by atoms with Crippen LogP contribution in [0.1, 0.15) is 31.2 Å². The van der Waals surface area contributed by atoms with Gasteiger partial charge in [-0.2, -0.15) is 9.97 Å². The number of β-amino-alcohol motifs (C(OH)–C–C–N with tert-alkyl or cyclic N) is 1. The maximum atomic E-state index is 13.6. The number of nitrogens with zero attached hydrogens (tertiary/aromatic N) is 8. The van der Waals surface area contributed by atoms with E-state index in [2.05, 4.69) is 34.9 Å². The number of piperidine rings is 1. The lowest BCUT2D eigenvalue weighted by Crippen LogP contribution is -2.50. The van der Waals surface area contributed by atoms with Crippen molar-refractivity contribution in [2.75, 3.05) is 43.5 Å². The number of ether oxygens (including phenoxy) is 3. The molecule has 38 heavy (non-hydrogen) atoms. The fraction of sp³-hybridized carbons (Fsp3) is 0.524. The maximum Gasteiger partial charge on any atom is 0.245 e. The van der Waals surface area contributed by atoms with Gasteiger partial charge in [-0.1, -0.05) is 0 Å². The lowest BCUT2D eigenvalue weighted by molar-refractivity contribution is 0.103. The number of halogens is 1. The Hall–Kier alpha value is -3.70. The van der Waals surface area contributed by atoms with E-state index in [-0.39, 0.29) is 48.9 Å². The summed E-state index contributed by atoms with van der Waals surface area (Å²) in [5.41, 5.74) is 0.190. The average molecular weight is 552 g/mol.